The summed E-state index contributed by atoms with van der Waals surface area (Å²) in [6.45, 7) is 6.82. The fourth-order valence-corrected chi connectivity index (χ4v) is 5.84. The summed E-state index contributed by atoms with van der Waals surface area (Å²) in [7, 11) is 0. The van der Waals surface area contributed by atoms with Crippen molar-refractivity contribution < 1.29 is 9.47 Å². The molecule has 2 aromatic heterocycles. The number of aromatic nitrogens is 4. The van der Waals surface area contributed by atoms with E-state index in [0.29, 0.717) is 6.04 Å². The lowest BCUT2D eigenvalue weighted by atomic mass is 9.93. The first-order valence-electron chi connectivity index (χ1n) is 14.3. The number of ether oxygens (including phenoxy) is 2. The molecule has 6 rings (SSSR count). The van der Waals surface area contributed by atoms with Gasteiger partial charge in [-0.15, -0.1) is 0 Å². The molecule has 0 spiro atoms. The summed E-state index contributed by atoms with van der Waals surface area (Å²) < 4.78 is 12.1. The first-order valence-corrected chi connectivity index (χ1v) is 14.3. The number of likely N-dealkylation sites (tertiary alicyclic amines) is 1. The van der Waals surface area contributed by atoms with Gasteiger partial charge in [-0.05, 0) is 69.7 Å². The van der Waals surface area contributed by atoms with Crippen LogP contribution in [0.3, 0.4) is 0 Å². The number of hydrogen-bond donors (Lipinski definition) is 1. The van der Waals surface area contributed by atoms with E-state index < -0.39 is 0 Å². The van der Waals surface area contributed by atoms with E-state index in [1.54, 1.807) is 12.4 Å². The molecule has 9 heteroatoms. The Labute approximate surface area is 225 Å². The summed E-state index contributed by atoms with van der Waals surface area (Å²) in [4.78, 5) is 23.3. The molecular formula is C29H39N7O2. The zero-order valence-corrected chi connectivity index (χ0v) is 22.2. The van der Waals surface area contributed by atoms with E-state index in [4.69, 9.17) is 9.47 Å². The lowest BCUT2D eigenvalue weighted by Crippen LogP contribution is -2.36. The largest absolute Gasteiger partial charge is 0.488 e. The van der Waals surface area contributed by atoms with Gasteiger partial charge in [0.25, 0.3) is 0 Å². The second kappa shape index (κ2) is 12.2. The summed E-state index contributed by atoms with van der Waals surface area (Å²) in [5.74, 6) is 1.56. The second-order valence-electron chi connectivity index (χ2n) is 10.8. The van der Waals surface area contributed by atoms with Crippen molar-refractivity contribution >= 4 is 22.7 Å². The average Bonchev–Trinajstić information content (AvgIpc) is 2.99. The van der Waals surface area contributed by atoms with Crippen LogP contribution in [0.1, 0.15) is 50.5 Å². The molecule has 0 amide bonds. The molecule has 1 N–H and O–H groups in total. The number of hydrogen-bond acceptors (Lipinski definition) is 9. The smallest absolute Gasteiger partial charge is 0.222 e. The number of benzene rings is 1. The van der Waals surface area contributed by atoms with Gasteiger partial charge in [-0.25, -0.2) is 15.0 Å². The maximum absolute atomic E-state index is 6.57. The molecule has 0 radical (unpaired) electrons. The van der Waals surface area contributed by atoms with Crippen molar-refractivity contribution in [2.45, 2.75) is 63.5 Å². The van der Waals surface area contributed by atoms with Crippen LogP contribution in [0.2, 0.25) is 0 Å². The predicted molar refractivity (Wildman–Crippen MR) is 149 cm³/mol. The Hall–Kier alpha value is -3.04. The van der Waals surface area contributed by atoms with E-state index in [1.165, 1.54) is 37.9 Å². The number of anilines is 2. The molecule has 38 heavy (non-hydrogen) atoms. The predicted octanol–water partition coefficient (Wildman–Crippen LogP) is 4.09. The molecule has 9 nitrogen and oxygen atoms in total. The van der Waals surface area contributed by atoms with Gasteiger partial charge in [0, 0.05) is 62.2 Å². The average molecular weight is 518 g/mol. The van der Waals surface area contributed by atoms with Crippen LogP contribution >= 0.6 is 0 Å². The Kier molecular flexibility index (Phi) is 8.12. The van der Waals surface area contributed by atoms with Crippen LogP contribution in [0.4, 0.5) is 11.6 Å². The van der Waals surface area contributed by atoms with Gasteiger partial charge in [0.15, 0.2) is 0 Å². The van der Waals surface area contributed by atoms with Crippen LogP contribution in [0.25, 0.3) is 11.0 Å². The first-order chi connectivity index (χ1) is 18.8. The minimum atomic E-state index is 0.163. The monoisotopic (exact) mass is 517 g/mol. The number of nitrogens with one attached hydrogen (secondary N) is 1. The van der Waals surface area contributed by atoms with Gasteiger partial charge in [-0.1, -0.05) is 6.42 Å². The molecule has 0 atom stereocenters. The van der Waals surface area contributed by atoms with E-state index in [2.05, 4.69) is 47.2 Å². The molecule has 3 aliphatic rings. The summed E-state index contributed by atoms with van der Waals surface area (Å²) in [5, 5.41) is 3.55. The highest BCUT2D eigenvalue weighted by Crippen LogP contribution is 2.33. The zero-order chi connectivity index (χ0) is 25.6. The van der Waals surface area contributed by atoms with Gasteiger partial charge in [0.05, 0.1) is 24.8 Å². The highest BCUT2D eigenvalue weighted by atomic mass is 16.5. The van der Waals surface area contributed by atoms with Crippen LogP contribution in [0.15, 0.2) is 36.9 Å². The molecule has 2 aliphatic heterocycles. The third-order valence-electron chi connectivity index (χ3n) is 8.07. The topological polar surface area (TPSA) is 88.5 Å². The van der Waals surface area contributed by atoms with Gasteiger partial charge < -0.3 is 24.6 Å². The molecule has 1 aromatic carbocycles. The maximum Gasteiger partial charge on any atom is 0.222 e. The highest BCUT2D eigenvalue weighted by Gasteiger charge is 2.25. The standard InChI is InChI=1S/C29H39N7O2/c1-2-11-35(12-3-1)13-8-22-20-32-29(33-21-22)34-23-4-6-25(7-5-23)38-27-19-24(36-14-16-37-17-15-36)18-26-28(27)31-10-9-30-26/h9-10,18-21,23,25H,1-8,11-17H2,(H,32,33,34)/t23-,25+. The minimum absolute atomic E-state index is 0.163. The van der Waals surface area contributed by atoms with E-state index in [1.807, 2.05) is 12.4 Å². The minimum Gasteiger partial charge on any atom is -0.488 e. The quantitative estimate of drug-likeness (QED) is 0.475. The summed E-state index contributed by atoms with van der Waals surface area (Å²) in [6, 6.07) is 4.61. The van der Waals surface area contributed by atoms with Gasteiger partial charge in [0.1, 0.15) is 11.3 Å². The van der Waals surface area contributed by atoms with E-state index in [0.717, 1.165) is 93.4 Å². The second-order valence-corrected chi connectivity index (χ2v) is 10.8. The molecule has 1 saturated carbocycles. The van der Waals surface area contributed by atoms with Gasteiger partial charge in [-0.2, -0.15) is 0 Å². The number of morpholine rings is 1. The fourth-order valence-electron chi connectivity index (χ4n) is 5.84. The van der Waals surface area contributed by atoms with Crippen LogP contribution in [0, 0.1) is 0 Å². The van der Waals surface area contributed by atoms with Crippen LogP contribution in [0.5, 0.6) is 5.75 Å². The summed E-state index contributed by atoms with van der Waals surface area (Å²) in [5.41, 5.74) is 4.05. The molecule has 3 aromatic rings. The van der Waals surface area contributed by atoms with Gasteiger partial charge in [-0.3, -0.25) is 4.98 Å². The number of piperidine rings is 1. The molecule has 0 unspecified atom stereocenters. The first kappa shape index (κ1) is 25.2. The molecule has 4 heterocycles. The lowest BCUT2D eigenvalue weighted by molar-refractivity contribution is 0.122. The Bertz CT molecular complexity index is 1170. The molecule has 202 valence electrons. The summed E-state index contributed by atoms with van der Waals surface area (Å²) >= 11 is 0. The van der Waals surface area contributed by atoms with Crippen LogP contribution in [-0.4, -0.2) is 82.9 Å². The fraction of sp³-hybridized carbons (Fsp3) is 0.586. The highest BCUT2D eigenvalue weighted by molar-refractivity contribution is 5.85. The van der Waals surface area contributed by atoms with Gasteiger partial charge in [0.2, 0.25) is 5.95 Å². The molecular weight excluding hydrogens is 478 g/mol. The lowest BCUT2D eigenvalue weighted by Gasteiger charge is -2.31. The van der Waals surface area contributed by atoms with Crippen LogP contribution in [-0.2, 0) is 11.2 Å². The van der Waals surface area contributed by atoms with Crippen molar-refractivity contribution in [2.75, 3.05) is 56.2 Å². The molecule has 1 aliphatic carbocycles. The molecule has 0 bridgehead atoms. The Morgan fingerprint density at radius 2 is 1.63 bits per heavy atom. The Balaban J connectivity index is 1.02. The van der Waals surface area contributed by atoms with Crippen molar-refractivity contribution in [3.8, 4) is 5.75 Å². The van der Waals surface area contributed by atoms with E-state index in [9.17, 15) is 0 Å². The summed E-state index contributed by atoms with van der Waals surface area (Å²) in [6.07, 6.45) is 16.7. The van der Waals surface area contributed by atoms with Crippen molar-refractivity contribution in [3.05, 3.63) is 42.5 Å². The van der Waals surface area contributed by atoms with Crippen LogP contribution < -0.4 is 15.0 Å². The third kappa shape index (κ3) is 6.32. The molecule has 3 fully saturated rings. The van der Waals surface area contributed by atoms with Crippen molar-refractivity contribution in [2.24, 2.45) is 0 Å². The number of nitrogens with zero attached hydrogens (tertiary/aromatic N) is 6. The Morgan fingerprint density at radius 1 is 0.868 bits per heavy atom. The number of rotatable bonds is 8. The molecule has 2 saturated heterocycles. The van der Waals surface area contributed by atoms with Gasteiger partial charge >= 0.3 is 0 Å². The number of fused-ring (bicyclic) bond motifs is 1. The van der Waals surface area contributed by atoms with Crippen molar-refractivity contribution in [1.82, 2.24) is 24.8 Å². The van der Waals surface area contributed by atoms with Crippen molar-refractivity contribution in [3.63, 3.8) is 0 Å². The maximum atomic E-state index is 6.57. The van der Waals surface area contributed by atoms with E-state index >= 15 is 0 Å². The SMILES string of the molecule is c1cnc2c(O[C@H]3CC[C@@H](Nc4ncc(CCN5CCCCC5)cn4)CC3)cc(N3CCOCC3)cc2n1. The zero-order valence-electron chi connectivity index (χ0n) is 22.2. The normalized spacial score (nSPS) is 22.9. The van der Waals surface area contributed by atoms with E-state index in [-0.39, 0.29) is 6.10 Å². The van der Waals surface area contributed by atoms with Crippen molar-refractivity contribution in [1.29, 1.82) is 0 Å². The Morgan fingerprint density at radius 3 is 2.42 bits per heavy atom. The third-order valence-corrected chi connectivity index (χ3v) is 8.07.